The Bertz CT molecular complexity index is 1210. The van der Waals surface area contributed by atoms with Crippen molar-refractivity contribution in [3.63, 3.8) is 0 Å². The van der Waals surface area contributed by atoms with Crippen LogP contribution < -0.4 is 4.80 Å². The summed E-state index contributed by atoms with van der Waals surface area (Å²) in [6, 6.07) is 11.8. The third kappa shape index (κ3) is 4.53. The van der Waals surface area contributed by atoms with Gasteiger partial charge in [0.25, 0.3) is 5.91 Å². The van der Waals surface area contributed by atoms with Crippen molar-refractivity contribution in [1.82, 2.24) is 8.87 Å². The molecule has 0 aliphatic heterocycles. The first-order valence-corrected chi connectivity index (χ1v) is 12.2. The van der Waals surface area contributed by atoms with Crippen molar-refractivity contribution < 1.29 is 13.2 Å². The largest absolute Gasteiger partial charge is 0.318 e. The normalized spacial score (nSPS) is 12.8. The minimum atomic E-state index is -3.56. The van der Waals surface area contributed by atoms with E-state index < -0.39 is 15.9 Å². The fourth-order valence-electron chi connectivity index (χ4n) is 2.87. The lowest BCUT2D eigenvalue weighted by molar-refractivity contribution is 0.0998. The number of hydrogen-bond donors (Lipinski definition) is 0. The van der Waals surface area contributed by atoms with Crippen LogP contribution in [0.2, 0.25) is 0 Å². The average Bonchev–Trinajstić information content (AvgIpc) is 3.02. The summed E-state index contributed by atoms with van der Waals surface area (Å²) in [5.41, 5.74) is 1.32. The summed E-state index contributed by atoms with van der Waals surface area (Å²) in [7, 11) is -0.130. The molecule has 9 heteroatoms. The molecule has 0 saturated heterocycles. The van der Waals surface area contributed by atoms with Crippen molar-refractivity contribution in [3.8, 4) is 0 Å². The summed E-state index contributed by atoms with van der Waals surface area (Å²) in [6.45, 7) is 2.48. The van der Waals surface area contributed by atoms with Gasteiger partial charge in [-0.1, -0.05) is 30.7 Å². The van der Waals surface area contributed by atoms with Crippen LogP contribution in [0.15, 0.2) is 56.8 Å². The number of carbonyl (C=O) groups excluding carboxylic acids is 1. The summed E-state index contributed by atoms with van der Waals surface area (Å²) in [4.78, 5) is 17.6. The van der Waals surface area contributed by atoms with Crippen LogP contribution in [0.5, 0.6) is 0 Å². The van der Waals surface area contributed by atoms with E-state index in [9.17, 15) is 13.2 Å². The number of fused-ring (bicyclic) bond motifs is 1. The number of aryl methyl sites for hydroxylation is 1. The minimum Gasteiger partial charge on any atom is -0.318 e. The molecule has 0 unspecified atom stereocenters. The summed E-state index contributed by atoms with van der Waals surface area (Å²) in [5.74, 6) is -0.411. The molecule has 6 nitrogen and oxygen atoms in total. The smallest absolute Gasteiger partial charge is 0.279 e. The Morgan fingerprint density at radius 1 is 1.21 bits per heavy atom. The Hall–Kier alpha value is -1.81. The lowest BCUT2D eigenvalue weighted by atomic mass is 10.2. The van der Waals surface area contributed by atoms with Gasteiger partial charge in [0.2, 0.25) is 10.0 Å². The minimum absolute atomic E-state index is 0.170. The van der Waals surface area contributed by atoms with Crippen LogP contribution in [0.25, 0.3) is 10.2 Å². The molecule has 0 saturated carbocycles. The molecule has 0 atom stereocenters. The number of aromatic nitrogens is 1. The second kappa shape index (κ2) is 8.91. The second-order valence-corrected chi connectivity index (χ2v) is 10.6. The van der Waals surface area contributed by atoms with Crippen molar-refractivity contribution in [2.24, 2.45) is 12.0 Å². The maximum absolute atomic E-state index is 12.6. The third-order valence-corrected chi connectivity index (χ3v) is 8.21. The SMILES string of the molecule is CCCCN(C)S(=O)(=O)c1ccc(C(=O)N=c2sc3cccc(Br)c3n2C)cc1. The van der Waals surface area contributed by atoms with Crippen molar-refractivity contribution >= 4 is 53.4 Å². The van der Waals surface area contributed by atoms with E-state index >= 15 is 0 Å². The van der Waals surface area contributed by atoms with Crippen molar-refractivity contribution in [1.29, 1.82) is 0 Å². The number of sulfonamides is 1. The van der Waals surface area contributed by atoms with E-state index in [0.29, 0.717) is 16.9 Å². The number of hydrogen-bond acceptors (Lipinski definition) is 4. The lowest BCUT2D eigenvalue weighted by Gasteiger charge is -2.16. The molecule has 0 N–H and O–H groups in total. The van der Waals surface area contributed by atoms with Crippen LogP contribution in [0.4, 0.5) is 0 Å². The Morgan fingerprint density at radius 3 is 2.52 bits per heavy atom. The van der Waals surface area contributed by atoms with Gasteiger partial charge in [0.05, 0.1) is 15.1 Å². The predicted molar refractivity (Wildman–Crippen MR) is 120 cm³/mol. The van der Waals surface area contributed by atoms with E-state index in [4.69, 9.17) is 0 Å². The van der Waals surface area contributed by atoms with Crippen LogP contribution in [0.1, 0.15) is 30.1 Å². The maximum atomic E-state index is 12.6. The zero-order chi connectivity index (χ0) is 21.2. The molecule has 29 heavy (non-hydrogen) atoms. The maximum Gasteiger partial charge on any atom is 0.279 e. The Kier molecular flexibility index (Phi) is 6.72. The molecule has 1 aromatic heterocycles. The molecule has 3 rings (SSSR count). The highest BCUT2D eigenvalue weighted by molar-refractivity contribution is 9.10. The van der Waals surface area contributed by atoms with Crippen molar-refractivity contribution in [3.05, 3.63) is 57.3 Å². The summed E-state index contributed by atoms with van der Waals surface area (Å²) in [5, 5.41) is 0. The van der Waals surface area contributed by atoms with Crippen LogP contribution >= 0.6 is 27.3 Å². The van der Waals surface area contributed by atoms with E-state index in [1.54, 1.807) is 7.05 Å². The molecule has 0 radical (unpaired) electrons. The first kappa shape index (κ1) is 21.9. The van der Waals surface area contributed by atoms with Gasteiger partial charge in [-0.3, -0.25) is 4.79 Å². The molecule has 0 aliphatic rings. The van der Waals surface area contributed by atoms with E-state index in [2.05, 4.69) is 20.9 Å². The highest BCUT2D eigenvalue weighted by atomic mass is 79.9. The van der Waals surface area contributed by atoms with Gasteiger partial charge in [0, 0.05) is 30.7 Å². The molecule has 0 spiro atoms. The number of carbonyl (C=O) groups is 1. The number of para-hydroxylation sites is 1. The molecule has 154 valence electrons. The van der Waals surface area contributed by atoms with Crippen molar-refractivity contribution in [2.75, 3.05) is 13.6 Å². The average molecular weight is 496 g/mol. The van der Waals surface area contributed by atoms with Gasteiger partial charge >= 0.3 is 0 Å². The van der Waals surface area contributed by atoms with Crippen LogP contribution in [0.3, 0.4) is 0 Å². The predicted octanol–water partition coefficient (Wildman–Crippen LogP) is 4.16. The zero-order valence-corrected chi connectivity index (χ0v) is 19.6. The summed E-state index contributed by atoms with van der Waals surface area (Å²) >= 11 is 4.95. The highest BCUT2D eigenvalue weighted by Crippen LogP contribution is 2.25. The molecule has 1 heterocycles. The van der Waals surface area contributed by atoms with Crippen LogP contribution in [-0.2, 0) is 17.1 Å². The van der Waals surface area contributed by atoms with E-state index in [1.807, 2.05) is 36.7 Å². The fourth-order valence-corrected chi connectivity index (χ4v) is 5.88. The molecule has 2 aromatic carbocycles. The quantitative estimate of drug-likeness (QED) is 0.515. The standard InChI is InChI=1S/C20H22BrN3O3S2/c1-4-5-13-23(2)29(26,27)15-11-9-14(10-12-15)19(25)22-20-24(3)18-16(21)7-6-8-17(18)28-20/h6-12H,4-5,13H2,1-3H3. The number of thiazole rings is 1. The summed E-state index contributed by atoms with van der Waals surface area (Å²) in [6.07, 6.45) is 1.72. The lowest BCUT2D eigenvalue weighted by Crippen LogP contribution is -2.27. The van der Waals surface area contributed by atoms with E-state index in [0.717, 1.165) is 27.5 Å². The van der Waals surface area contributed by atoms with Gasteiger partial charge in [-0.05, 0) is 58.7 Å². The number of nitrogens with zero attached hydrogens (tertiary/aromatic N) is 3. The van der Waals surface area contributed by atoms with Gasteiger partial charge in [0.15, 0.2) is 4.80 Å². The molecule has 0 bridgehead atoms. The summed E-state index contributed by atoms with van der Waals surface area (Å²) < 4.78 is 30.4. The van der Waals surface area contributed by atoms with Gasteiger partial charge in [-0.25, -0.2) is 12.7 Å². The van der Waals surface area contributed by atoms with Gasteiger partial charge in [0.1, 0.15) is 0 Å². The monoisotopic (exact) mass is 495 g/mol. The Morgan fingerprint density at radius 2 is 1.90 bits per heavy atom. The molecule has 0 aliphatic carbocycles. The Labute approximate surface area is 182 Å². The van der Waals surface area contributed by atoms with Gasteiger partial charge < -0.3 is 4.57 Å². The second-order valence-electron chi connectivity index (χ2n) is 6.65. The molecule has 0 fully saturated rings. The van der Waals surface area contributed by atoms with Crippen molar-refractivity contribution in [2.45, 2.75) is 24.7 Å². The van der Waals surface area contributed by atoms with Crippen LogP contribution in [-0.4, -0.2) is 36.8 Å². The number of unbranched alkanes of at least 4 members (excludes halogenated alkanes) is 1. The molecular formula is C20H22BrN3O3S2. The molecule has 1 amide bonds. The van der Waals surface area contributed by atoms with Gasteiger partial charge in [-0.15, -0.1) is 0 Å². The number of halogens is 1. The molecule has 3 aromatic rings. The first-order chi connectivity index (χ1) is 13.8. The number of benzene rings is 2. The number of amides is 1. The zero-order valence-electron chi connectivity index (χ0n) is 16.4. The third-order valence-electron chi connectivity index (χ3n) is 4.61. The topological polar surface area (TPSA) is 71.7 Å². The fraction of sp³-hybridized carbons (Fsp3) is 0.300. The Balaban J connectivity index is 1.89. The van der Waals surface area contributed by atoms with Gasteiger partial charge in [-0.2, -0.15) is 4.99 Å². The molecular weight excluding hydrogens is 474 g/mol. The van der Waals surface area contributed by atoms with E-state index in [1.165, 1.54) is 39.9 Å². The van der Waals surface area contributed by atoms with E-state index in [-0.39, 0.29) is 4.90 Å². The number of rotatable bonds is 6. The first-order valence-electron chi connectivity index (χ1n) is 9.15. The van der Waals surface area contributed by atoms with Crippen LogP contribution in [0, 0.1) is 0 Å². The highest BCUT2D eigenvalue weighted by Gasteiger charge is 2.20.